The molecule has 0 spiro atoms. The number of benzene rings is 1. The molecule has 0 saturated heterocycles. The fraction of sp³-hybridized carbons (Fsp3) is 0.182. The zero-order valence-corrected chi connectivity index (χ0v) is 12.9. The molecule has 1 nitrogen and oxygen atoms in total. The summed E-state index contributed by atoms with van der Waals surface area (Å²) in [6, 6.07) is 10.1. The normalized spacial score (nSPS) is 12.1. The summed E-state index contributed by atoms with van der Waals surface area (Å²) in [4.78, 5) is 0. The first-order chi connectivity index (χ1) is 7.16. The fourth-order valence-corrected chi connectivity index (χ4v) is 2.44. The molecule has 2 radical (unpaired) electrons. The van der Waals surface area contributed by atoms with Crippen LogP contribution in [0.2, 0.25) is 0 Å². The SMILES string of the molecule is CCO[C](=[Cr])/C([Se])=C(/[Se])c1ccccc1. The first-order valence-corrected chi connectivity index (χ1v) is 6.82. The van der Waals surface area contributed by atoms with Crippen molar-refractivity contribution in [2.75, 3.05) is 6.61 Å². The van der Waals surface area contributed by atoms with Gasteiger partial charge >= 0.3 is 116 Å². The molecule has 0 aliphatic carbocycles. The van der Waals surface area contributed by atoms with Crippen LogP contribution >= 0.6 is 0 Å². The number of hydrogen-bond acceptors (Lipinski definition) is 1. The zero-order chi connectivity index (χ0) is 11.3. The number of hydrogen-bond donors (Lipinski definition) is 0. The van der Waals surface area contributed by atoms with Gasteiger partial charge in [-0.25, -0.2) is 0 Å². The quantitative estimate of drug-likeness (QED) is 0.731. The third-order valence-electron chi connectivity index (χ3n) is 1.70. The molecule has 0 fully saturated rings. The Hall–Kier alpha value is 0.361. The minimum absolute atomic E-state index is 0.662. The predicted octanol–water partition coefficient (Wildman–Crippen LogP) is 1.41. The second kappa shape index (κ2) is 6.84. The van der Waals surface area contributed by atoms with Crippen molar-refractivity contribution >= 4 is 41.1 Å². The molecular weight excluding hydrogens is 358 g/mol. The molecule has 0 aromatic heterocycles. The second-order valence-electron chi connectivity index (χ2n) is 2.74. The monoisotopic (exact) mass is 370 g/mol. The molecule has 0 aliphatic heterocycles. The number of rotatable bonds is 4. The van der Waals surface area contributed by atoms with E-state index in [2.05, 4.69) is 60.0 Å². The van der Waals surface area contributed by atoms with E-state index in [1.807, 2.05) is 25.1 Å². The summed E-state index contributed by atoms with van der Waals surface area (Å²) in [6.07, 6.45) is 0. The van der Waals surface area contributed by atoms with Crippen molar-refractivity contribution in [3.63, 3.8) is 0 Å². The van der Waals surface area contributed by atoms with Crippen molar-refractivity contribution in [2.24, 2.45) is 0 Å². The van der Waals surface area contributed by atoms with Crippen molar-refractivity contribution in [3.8, 4) is 0 Å². The van der Waals surface area contributed by atoms with Crippen LogP contribution < -0.4 is 0 Å². The fourth-order valence-electron chi connectivity index (χ4n) is 1.01. The summed E-state index contributed by atoms with van der Waals surface area (Å²) in [5.41, 5.74) is 1.15. The average molecular weight is 368 g/mol. The molecule has 78 valence electrons. The molecule has 1 rings (SSSR count). The van der Waals surface area contributed by atoms with Crippen LogP contribution in [0.25, 0.3) is 4.47 Å². The van der Waals surface area contributed by atoms with Gasteiger partial charge in [-0.2, -0.15) is 0 Å². The van der Waals surface area contributed by atoms with Gasteiger partial charge in [0.25, 0.3) is 0 Å². The molecule has 1 aromatic rings. The summed E-state index contributed by atoms with van der Waals surface area (Å²) >= 11 is 8.99. The van der Waals surface area contributed by atoms with Crippen molar-refractivity contribution in [1.29, 1.82) is 0 Å². The van der Waals surface area contributed by atoms with Gasteiger partial charge in [-0.05, 0) is 0 Å². The molecule has 1 aromatic carbocycles. The first kappa shape index (κ1) is 13.4. The van der Waals surface area contributed by atoms with Gasteiger partial charge in [0.15, 0.2) is 0 Å². The second-order valence-corrected chi connectivity index (χ2v) is 5.04. The molecule has 0 amide bonds. The first-order valence-electron chi connectivity index (χ1n) is 4.47. The predicted molar refractivity (Wildman–Crippen MR) is 61.5 cm³/mol. The van der Waals surface area contributed by atoms with Gasteiger partial charge in [-0.1, -0.05) is 0 Å². The maximum absolute atomic E-state index is 5.40. The maximum atomic E-state index is 5.40. The summed E-state index contributed by atoms with van der Waals surface area (Å²) in [5, 5.41) is 0. The Balaban J connectivity index is 2.95. The molecule has 0 aliphatic rings. The standard InChI is InChI=1S/C11H10OSe2.Cr/c1-2-12-8-10(13)11(14)9-6-4-3-5-7-9;/h3-7H,2H2,1H3;/b11-10-;. The van der Waals surface area contributed by atoms with Crippen LogP contribution in [-0.2, 0) is 20.6 Å². The van der Waals surface area contributed by atoms with Gasteiger partial charge < -0.3 is 0 Å². The molecule has 0 unspecified atom stereocenters. The van der Waals surface area contributed by atoms with Crippen LogP contribution in [-0.4, -0.2) is 43.2 Å². The Morgan fingerprint density at radius 1 is 1.27 bits per heavy atom. The minimum atomic E-state index is 0.662. The van der Waals surface area contributed by atoms with Crippen LogP contribution in [0.4, 0.5) is 0 Å². The van der Waals surface area contributed by atoms with E-state index in [1.165, 1.54) is 0 Å². The molecular formula is C11H10CrOSe2. The molecule has 0 heterocycles. The summed E-state index contributed by atoms with van der Waals surface area (Å²) < 4.78 is 8.26. The van der Waals surface area contributed by atoms with E-state index in [-0.39, 0.29) is 0 Å². The van der Waals surface area contributed by atoms with Crippen LogP contribution in [0.1, 0.15) is 12.5 Å². The Labute approximate surface area is 115 Å². The molecule has 0 saturated carbocycles. The molecule has 15 heavy (non-hydrogen) atoms. The van der Waals surface area contributed by atoms with Crippen molar-refractivity contribution in [1.82, 2.24) is 0 Å². The van der Waals surface area contributed by atoms with E-state index in [0.717, 1.165) is 19.1 Å². The zero-order valence-electron chi connectivity index (χ0n) is 8.23. The van der Waals surface area contributed by atoms with E-state index in [0.29, 0.717) is 6.61 Å². The van der Waals surface area contributed by atoms with E-state index in [4.69, 9.17) is 4.74 Å². The van der Waals surface area contributed by atoms with Crippen LogP contribution in [0.5, 0.6) is 0 Å². The van der Waals surface area contributed by atoms with Gasteiger partial charge in [0, 0.05) is 0 Å². The van der Waals surface area contributed by atoms with E-state index < -0.39 is 0 Å². The summed E-state index contributed by atoms with van der Waals surface area (Å²) in [6.45, 7) is 2.63. The van der Waals surface area contributed by atoms with Crippen molar-refractivity contribution in [3.05, 3.63) is 40.4 Å². The van der Waals surface area contributed by atoms with Crippen LogP contribution in [0.3, 0.4) is 0 Å². The summed E-state index contributed by atoms with van der Waals surface area (Å²) in [7, 11) is 0. The third kappa shape index (κ3) is 4.02. The molecule has 0 bridgehead atoms. The molecule has 0 N–H and O–H groups in total. The average Bonchev–Trinajstić information content (AvgIpc) is 2.28. The Bertz CT molecular complexity index is 373. The van der Waals surface area contributed by atoms with Gasteiger partial charge in [0.2, 0.25) is 0 Å². The summed E-state index contributed by atoms with van der Waals surface area (Å²) in [5.74, 6) is 0. The molecule has 0 atom stereocenters. The van der Waals surface area contributed by atoms with Crippen molar-refractivity contribution in [2.45, 2.75) is 6.92 Å². The van der Waals surface area contributed by atoms with E-state index in [1.54, 1.807) is 0 Å². The Morgan fingerprint density at radius 3 is 2.40 bits per heavy atom. The number of ether oxygens (including phenoxy) is 1. The topological polar surface area (TPSA) is 9.23 Å². The van der Waals surface area contributed by atoms with Crippen molar-refractivity contribution < 1.29 is 20.6 Å². The third-order valence-corrected chi connectivity index (χ3v) is 5.08. The Morgan fingerprint density at radius 2 is 1.87 bits per heavy atom. The molecule has 4 heteroatoms. The van der Waals surface area contributed by atoms with Gasteiger partial charge in [-0.15, -0.1) is 0 Å². The van der Waals surface area contributed by atoms with Gasteiger partial charge in [0.05, 0.1) is 0 Å². The van der Waals surface area contributed by atoms with Crippen LogP contribution in [0, 0.1) is 0 Å². The van der Waals surface area contributed by atoms with Gasteiger partial charge in [-0.3, -0.25) is 0 Å². The van der Waals surface area contributed by atoms with Gasteiger partial charge in [0.1, 0.15) is 0 Å². The Kier molecular flexibility index (Phi) is 6.12. The van der Waals surface area contributed by atoms with Crippen LogP contribution in [0.15, 0.2) is 34.8 Å². The van der Waals surface area contributed by atoms with E-state index >= 15 is 0 Å². The van der Waals surface area contributed by atoms with E-state index in [9.17, 15) is 0 Å².